The van der Waals surface area contributed by atoms with Crippen LogP contribution in [-0.4, -0.2) is 43.8 Å². The van der Waals surface area contributed by atoms with Crippen LogP contribution in [0.3, 0.4) is 0 Å². The number of hydrogen-bond donors (Lipinski definition) is 1. The Balaban J connectivity index is 1.43. The SMILES string of the molecule is O=C1c2ccccc2C(=O)N1CCSc1n[nH]c(=O)n1Cc1ccccc1. The van der Waals surface area contributed by atoms with E-state index in [1.54, 1.807) is 28.8 Å². The molecule has 3 aromatic rings. The molecule has 0 radical (unpaired) electrons. The van der Waals surface area contributed by atoms with Crippen LogP contribution in [0.5, 0.6) is 0 Å². The number of thioether (sulfide) groups is 1. The second-order valence-electron chi connectivity index (χ2n) is 6.04. The van der Waals surface area contributed by atoms with Crippen LogP contribution in [0.2, 0.25) is 0 Å². The molecule has 4 rings (SSSR count). The average Bonchev–Trinajstić information content (AvgIpc) is 3.16. The summed E-state index contributed by atoms with van der Waals surface area (Å²) in [7, 11) is 0. The van der Waals surface area contributed by atoms with Crippen LogP contribution < -0.4 is 5.69 Å². The number of carbonyl (C=O) groups is 2. The molecule has 0 fully saturated rings. The monoisotopic (exact) mass is 380 g/mol. The zero-order valence-electron chi connectivity index (χ0n) is 14.3. The van der Waals surface area contributed by atoms with Gasteiger partial charge in [0.1, 0.15) is 0 Å². The standard InChI is InChI=1S/C19H16N4O3S/c24-16-14-8-4-5-9-15(14)17(25)22(16)10-11-27-19-21-20-18(26)23(19)12-13-6-2-1-3-7-13/h1-9H,10-12H2,(H,20,26). The van der Waals surface area contributed by atoms with Crippen LogP contribution in [-0.2, 0) is 6.54 Å². The van der Waals surface area contributed by atoms with E-state index in [4.69, 9.17) is 0 Å². The van der Waals surface area contributed by atoms with Gasteiger partial charge in [-0.2, -0.15) is 0 Å². The highest BCUT2D eigenvalue weighted by Crippen LogP contribution is 2.23. The summed E-state index contributed by atoms with van der Waals surface area (Å²) in [4.78, 5) is 38.0. The molecular weight excluding hydrogens is 364 g/mol. The zero-order valence-corrected chi connectivity index (χ0v) is 15.1. The molecule has 136 valence electrons. The van der Waals surface area contributed by atoms with Gasteiger partial charge in [-0.05, 0) is 17.7 Å². The summed E-state index contributed by atoms with van der Waals surface area (Å²) >= 11 is 1.33. The van der Waals surface area contributed by atoms with Gasteiger partial charge in [-0.15, -0.1) is 5.10 Å². The largest absolute Gasteiger partial charge is 0.344 e. The summed E-state index contributed by atoms with van der Waals surface area (Å²) < 4.78 is 1.54. The number of aromatic nitrogens is 3. The number of carbonyl (C=O) groups excluding carboxylic acids is 2. The lowest BCUT2D eigenvalue weighted by atomic mass is 10.1. The van der Waals surface area contributed by atoms with Gasteiger partial charge in [0, 0.05) is 12.3 Å². The van der Waals surface area contributed by atoms with Gasteiger partial charge in [0.15, 0.2) is 5.16 Å². The van der Waals surface area contributed by atoms with E-state index in [9.17, 15) is 14.4 Å². The Morgan fingerprint density at radius 2 is 1.52 bits per heavy atom. The number of rotatable bonds is 6. The number of fused-ring (bicyclic) bond motifs is 1. The molecular formula is C19H16N4O3S. The molecule has 1 N–H and O–H groups in total. The predicted octanol–water partition coefficient (Wildman–Crippen LogP) is 2.01. The molecule has 0 spiro atoms. The normalized spacial score (nSPS) is 13.3. The van der Waals surface area contributed by atoms with Crippen molar-refractivity contribution >= 4 is 23.6 Å². The minimum Gasteiger partial charge on any atom is -0.273 e. The van der Waals surface area contributed by atoms with Gasteiger partial charge < -0.3 is 0 Å². The van der Waals surface area contributed by atoms with Gasteiger partial charge in [-0.3, -0.25) is 19.1 Å². The molecule has 0 saturated carbocycles. The van der Waals surface area contributed by atoms with Crippen molar-refractivity contribution in [1.29, 1.82) is 0 Å². The Labute approximate surface area is 159 Å². The minimum atomic E-state index is -0.290. The molecule has 2 heterocycles. The van der Waals surface area contributed by atoms with Crippen LogP contribution in [0.1, 0.15) is 26.3 Å². The van der Waals surface area contributed by atoms with E-state index in [0.29, 0.717) is 28.6 Å². The van der Waals surface area contributed by atoms with Crippen molar-refractivity contribution in [2.75, 3.05) is 12.3 Å². The van der Waals surface area contributed by atoms with Gasteiger partial charge in [-0.25, -0.2) is 9.89 Å². The summed E-state index contributed by atoms with van der Waals surface area (Å²) in [5.74, 6) is -0.107. The first-order chi connectivity index (χ1) is 13.1. The fraction of sp³-hybridized carbons (Fsp3) is 0.158. The molecule has 27 heavy (non-hydrogen) atoms. The van der Waals surface area contributed by atoms with Crippen LogP contribution in [0.15, 0.2) is 64.5 Å². The van der Waals surface area contributed by atoms with Crippen LogP contribution in [0, 0.1) is 0 Å². The van der Waals surface area contributed by atoms with Crippen molar-refractivity contribution in [2.45, 2.75) is 11.7 Å². The van der Waals surface area contributed by atoms with E-state index in [2.05, 4.69) is 10.2 Å². The highest BCUT2D eigenvalue weighted by Gasteiger charge is 2.34. The van der Waals surface area contributed by atoms with Crippen LogP contribution in [0.25, 0.3) is 0 Å². The number of aromatic amines is 1. The molecule has 0 bridgehead atoms. The molecule has 1 aromatic heterocycles. The Morgan fingerprint density at radius 3 is 2.19 bits per heavy atom. The molecule has 2 aromatic carbocycles. The smallest absolute Gasteiger partial charge is 0.273 e. The Kier molecular flexibility index (Phi) is 4.64. The zero-order chi connectivity index (χ0) is 18.8. The lowest BCUT2D eigenvalue weighted by molar-refractivity contribution is 0.0664. The quantitative estimate of drug-likeness (QED) is 0.522. The van der Waals surface area contributed by atoms with Crippen molar-refractivity contribution in [3.63, 3.8) is 0 Å². The second kappa shape index (κ2) is 7.24. The van der Waals surface area contributed by atoms with Gasteiger partial charge in [0.25, 0.3) is 11.8 Å². The summed E-state index contributed by atoms with van der Waals surface area (Å²) in [5.41, 5.74) is 1.58. The summed E-state index contributed by atoms with van der Waals surface area (Å²) in [6.07, 6.45) is 0. The van der Waals surface area contributed by atoms with Crippen molar-refractivity contribution < 1.29 is 9.59 Å². The number of benzene rings is 2. The Bertz CT molecular complexity index is 1020. The van der Waals surface area contributed by atoms with Crippen molar-refractivity contribution in [2.24, 2.45) is 0 Å². The van der Waals surface area contributed by atoms with Gasteiger partial charge in [0.2, 0.25) is 0 Å². The Hall–Kier alpha value is -3.13. The number of nitrogens with zero attached hydrogens (tertiary/aromatic N) is 3. The number of hydrogen-bond acceptors (Lipinski definition) is 5. The van der Waals surface area contributed by atoms with E-state index in [1.165, 1.54) is 16.7 Å². The predicted molar refractivity (Wildman–Crippen MR) is 101 cm³/mol. The van der Waals surface area contributed by atoms with Gasteiger partial charge in [-0.1, -0.05) is 54.2 Å². The first-order valence-corrected chi connectivity index (χ1v) is 9.41. The Morgan fingerprint density at radius 1 is 0.889 bits per heavy atom. The summed E-state index contributed by atoms with van der Waals surface area (Å²) in [6.45, 7) is 0.662. The van der Waals surface area contributed by atoms with Crippen molar-refractivity contribution in [3.05, 3.63) is 81.8 Å². The van der Waals surface area contributed by atoms with Crippen molar-refractivity contribution in [3.8, 4) is 0 Å². The number of H-pyrrole nitrogens is 1. The molecule has 8 heteroatoms. The average molecular weight is 380 g/mol. The third-order valence-corrected chi connectivity index (χ3v) is 5.29. The van der Waals surface area contributed by atoms with Gasteiger partial charge >= 0.3 is 5.69 Å². The minimum absolute atomic E-state index is 0.253. The molecule has 0 aliphatic carbocycles. The van der Waals surface area contributed by atoms with E-state index >= 15 is 0 Å². The van der Waals surface area contributed by atoms with E-state index in [1.807, 2.05) is 30.3 Å². The molecule has 0 atom stereocenters. The number of imide groups is 1. The topological polar surface area (TPSA) is 88.1 Å². The summed E-state index contributed by atoms with van der Waals surface area (Å²) in [5, 5.41) is 7.04. The summed E-state index contributed by atoms with van der Waals surface area (Å²) in [6, 6.07) is 16.4. The maximum atomic E-state index is 12.4. The number of nitrogens with one attached hydrogen (secondary N) is 1. The van der Waals surface area contributed by atoms with Crippen LogP contribution >= 0.6 is 11.8 Å². The maximum Gasteiger partial charge on any atom is 0.344 e. The first kappa shape index (κ1) is 17.3. The van der Waals surface area contributed by atoms with Crippen LogP contribution in [0.4, 0.5) is 0 Å². The van der Waals surface area contributed by atoms with Gasteiger partial charge in [0.05, 0.1) is 17.7 Å². The van der Waals surface area contributed by atoms with Crippen molar-refractivity contribution in [1.82, 2.24) is 19.7 Å². The molecule has 0 unspecified atom stereocenters. The molecule has 7 nitrogen and oxygen atoms in total. The second-order valence-corrected chi connectivity index (χ2v) is 7.10. The lowest BCUT2D eigenvalue weighted by Crippen LogP contribution is -2.32. The highest BCUT2D eigenvalue weighted by molar-refractivity contribution is 7.99. The molecule has 0 saturated heterocycles. The number of amides is 2. The van der Waals surface area contributed by atoms with E-state index in [0.717, 1.165) is 5.56 Å². The van der Waals surface area contributed by atoms with E-state index < -0.39 is 0 Å². The fourth-order valence-corrected chi connectivity index (χ4v) is 3.86. The molecule has 1 aliphatic heterocycles. The third kappa shape index (κ3) is 3.31. The lowest BCUT2D eigenvalue weighted by Gasteiger charge is -2.13. The molecule has 2 amide bonds. The fourth-order valence-electron chi connectivity index (χ4n) is 2.99. The molecule has 1 aliphatic rings. The van der Waals surface area contributed by atoms with E-state index in [-0.39, 0.29) is 24.0 Å². The third-order valence-electron chi connectivity index (χ3n) is 4.33. The maximum absolute atomic E-state index is 12.4. The highest BCUT2D eigenvalue weighted by atomic mass is 32.2. The first-order valence-electron chi connectivity index (χ1n) is 8.42.